The molecule has 176 valence electrons. The summed E-state index contributed by atoms with van der Waals surface area (Å²) in [4.78, 5) is 18.9. The van der Waals surface area contributed by atoms with Crippen molar-refractivity contribution in [2.24, 2.45) is 0 Å². The van der Waals surface area contributed by atoms with Crippen LogP contribution in [-0.4, -0.2) is 30.3 Å². The maximum absolute atomic E-state index is 12.3. The molecule has 0 spiro atoms. The highest BCUT2D eigenvalue weighted by molar-refractivity contribution is 7.80. The Kier molecular flexibility index (Phi) is 6.20. The van der Waals surface area contributed by atoms with Crippen molar-refractivity contribution in [1.29, 1.82) is 0 Å². The van der Waals surface area contributed by atoms with Crippen molar-refractivity contribution in [3.05, 3.63) is 102 Å². The Bertz CT molecular complexity index is 1370. The van der Waals surface area contributed by atoms with Gasteiger partial charge in [-0.3, -0.25) is 4.98 Å². The number of nitrogens with zero attached hydrogens (tertiary/aromatic N) is 2. The minimum Gasteiger partial charge on any atom is -0.497 e. The molecular formula is C27H23N3O4S. The number of pyridine rings is 1. The minimum atomic E-state index is -0.424. The Morgan fingerprint density at radius 1 is 1.03 bits per heavy atom. The zero-order chi connectivity index (χ0) is 24.4. The van der Waals surface area contributed by atoms with Gasteiger partial charge in [-0.25, -0.2) is 4.79 Å². The number of aromatic nitrogens is 1. The smallest absolute Gasteiger partial charge is 0.338 e. The van der Waals surface area contributed by atoms with Crippen molar-refractivity contribution < 1.29 is 18.7 Å². The van der Waals surface area contributed by atoms with E-state index in [1.807, 2.05) is 71.6 Å². The van der Waals surface area contributed by atoms with Crippen molar-refractivity contribution in [2.45, 2.75) is 12.1 Å². The maximum atomic E-state index is 12.3. The quantitative estimate of drug-likeness (QED) is 0.291. The number of hydrogen-bond donors (Lipinski definition) is 1. The molecule has 5 rings (SSSR count). The van der Waals surface area contributed by atoms with Crippen molar-refractivity contribution in [1.82, 2.24) is 10.3 Å². The number of esters is 1. The second-order valence-corrected chi connectivity index (χ2v) is 8.32. The van der Waals surface area contributed by atoms with Crippen LogP contribution in [0.3, 0.4) is 0 Å². The summed E-state index contributed by atoms with van der Waals surface area (Å²) in [5.74, 6) is 1.53. The minimum absolute atomic E-state index is 0.259. The second kappa shape index (κ2) is 9.60. The molecule has 0 bridgehead atoms. The molecule has 35 heavy (non-hydrogen) atoms. The molecule has 0 aliphatic carbocycles. The number of methoxy groups -OCH3 is 2. The van der Waals surface area contributed by atoms with Gasteiger partial charge in [-0.05, 0) is 54.7 Å². The summed E-state index contributed by atoms with van der Waals surface area (Å²) < 4.78 is 16.8. The van der Waals surface area contributed by atoms with Crippen LogP contribution >= 0.6 is 12.2 Å². The first-order chi connectivity index (χ1) is 17.1. The molecule has 1 aliphatic rings. The molecule has 7 nitrogen and oxygen atoms in total. The highest BCUT2D eigenvalue weighted by atomic mass is 32.1. The van der Waals surface area contributed by atoms with E-state index in [2.05, 4.69) is 10.3 Å². The van der Waals surface area contributed by atoms with Crippen molar-refractivity contribution in [2.75, 3.05) is 19.1 Å². The molecule has 0 amide bonds. The lowest BCUT2D eigenvalue weighted by Crippen LogP contribution is -2.29. The van der Waals surface area contributed by atoms with E-state index in [-0.39, 0.29) is 12.1 Å². The Morgan fingerprint density at radius 2 is 1.86 bits per heavy atom. The SMILES string of the molecule is COC(=O)c1ccccc1-c1ccc([C@H]2[C@@H](c3ccccn3)NC(=S)N2c2cccc(OC)c2)o1. The lowest BCUT2D eigenvalue weighted by atomic mass is 10.0. The van der Waals surface area contributed by atoms with Crippen LogP contribution in [0.2, 0.25) is 0 Å². The fourth-order valence-electron chi connectivity index (χ4n) is 4.32. The standard InChI is InChI=1S/C27H23N3O4S/c1-32-18-9-7-8-17(16-18)30-25(24(29-27(30)35)21-12-5-6-15-28-21)23-14-13-22(34-23)19-10-3-4-11-20(19)26(31)33-2/h3-16,24-25H,1-2H3,(H,29,35)/t24-,25+/m1/s1. The van der Waals surface area contributed by atoms with Gasteiger partial charge < -0.3 is 24.1 Å². The fourth-order valence-corrected chi connectivity index (χ4v) is 4.67. The monoisotopic (exact) mass is 485 g/mol. The number of carbonyl (C=O) groups is 1. The Morgan fingerprint density at radius 3 is 2.63 bits per heavy atom. The molecule has 2 aromatic carbocycles. The average Bonchev–Trinajstić information content (AvgIpc) is 3.53. The third-order valence-corrected chi connectivity index (χ3v) is 6.26. The summed E-state index contributed by atoms with van der Waals surface area (Å²) in [6, 6.07) is 23.9. The van der Waals surface area contributed by atoms with Gasteiger partial charge in [0.05, 0.1) is 31.5 Å². The second-order valence-electron chi connectivity index (χ2n) is 7.94. The topological polar surface area (TPSA) is 76.8 Å². The maximum Gasteiger partial charge on any atom is 0.338 e. The van der Waals surface area contributed by atoms with Gasteiger partial charge in [0.2, 0.25) is 0 Å². The number of hydrogen-bond acceptors (Lipinski definition) is 6. The van der Waals surface area contributed by atoms with Gasteiger partial charge in [0.1, 0.15) is 23.3 Å². The van der Waals surface area contributed by atoms with Crippen LogP contribution in [-0.2, 0) is 4.74 Å². The lowest BCUT2D eigenvalue weighted by Gasteiger charge is -2.26. The van der Waals surface area contributed by atoms with E-state index in [1.54, 1.807) is 25.4 Å². The molecule has 8 heteroatoms. The predicted molar refractivity (Wildman–Crippen MR) is 136 cm³/mol. The Labute approximate surface area is 208 Å². The van der Waals surface area contributed by atoms with Gasteiger partial charge in [0.15, 0.2) is 5.11 Å². The molecule has 3 heterocycles. The van der Waals surface area contributed by atoms with Crippen LogP contribution in [0.5, 0.6) is 5.75 Å². The number of benzene rings is 2. The van der Waals surface area contributed by atoms with Crippen LogP contribution < -0.4 is 15.0 Å². The van der Waals surface area contributed by atoms with Gasteiger partial charge in [0, 0.05) is 23.5 Å². The predicted octanol–water partition coefficient (Wildman–Crippen LogP) is 5.31. The van der Waals surface area contributed by atoms with E-state index in [4.69, 9.17) is 26.1 Å². The molecular weight excluding hydrogens is 462 g/mol. The van der Waals surface area contributed by atoms with E-state index in [9.17, 15) is 4.79 Å². The molecule has 2 aromatic heterocycles. The van der Waals surface area contributed by atoms with Gasteiger partial charge >= 0.3 is 5.97 Å². The molecule has 1 aliphatic heterocycles. The molecule has 0 saturated carbocycles. The third-order valence-electron chi connectivity index (χ3n) is 5.95. The van der Waals surface area contributed by atoms with Crippen molar-refractivity contribution >= 4 is 29.0 Å². The van der Waals surface area contributed by atoms with Crippen molar-refractivity contribution in [3.8, 4) is 17.1 Å². The first-order valence-corrected chi connectivity index (χ1v) is 11.4. The van der Waals surface area contributed by atoms with Crippen LogP contribution in [0.25, 0.3) is 11.3 Å². The summed E-state index contributed by atoms with van der Waals surface area (Å²) in [5, 5.41) is 3.96. The number of nitrogens with one attached hydrogen (secondary N) is 1. The van der Waals surface area contributed by atoms with Crippen LogP contribution in [0.15, 0.2) is 89.5 Å². The van der Waals surface area contributed by atoms with E-state index < -0.39 is 5.97 Å². The summed E-state index contributed by atoms with van der Waals surface area (Å²) in [6.07, 6.45) is 1.76. The Hall–Kier alpha value is -4.17. The number of furan rings is 1. The fraction of sp³-hybridized carbons (Fsp3) is 0.148. The zero-order valence-electron chi connectivity index (χ0n) is 19.2. The number of carbonyl (C=O) groups excluding carboxylic acids is 1. The number of ether oxygens (including phenoxy) is 2. The molecule has 1 N–H and O–H groups in total. The largest absolute Gasteiger partial charge is 0.497 e. The molecule has 4 aromatic rings. The molecule has 1 saturated heterocycles. The molecule has 0 unspecified atom stereocenters. The van der Waals surface area contributed by atoms with E-state index in [1.165, 1.54) is 7.11 Å². The summed E-state index contributed by atoms with van der Waals surface area (Å²) in [7, 11) is 2.99. The normalized spacial score (nSPS) is 17.2. The number of thiocarbonyl (C=S) groups is 1. The first kappa shape index (κ1) is 22.6. The number of anilines is 1. The van der Waals surface area contributed by atoms with Crippen LogP contribution in [0.4, 0.5) is 5.69 Å². The van der Waals surface area contributed by atoms with E-state index in [0.717, 1.165) is 17.1 Å². The summed E-state index contributed by atoms with van der Waals surface area (Å²) in [6.45, 7) is 0. The molecule has 2 atom stereocenters. The molecule has 1 fully saturated rings. The summed E-state index contributed by atoms with van der Waals surface area (Å²) in [5.41, 5.74) is 2.78. The zero-order valence-corrected chi connectivity index (χ0v) is 20.0. The lowest BCUT2D eigenvalue weighted by molar-refractivity contribution is 0.0601. The van der Waals surface area contributed by atoms with Gasteiger partial charge in [-0.15, -0.1) is 0 Å². The first-order valence-electron chi connectivity index (χ1n) is 11.0. The third kappa shape index (κ3) is 4.24. The van der Waals surface area contributed by atoms with E-state index >= 15 is 0 Å². The average molecular weight is 486 g/mol. The van der Waals surface area contributed by atoms with Gasteiger partial charge in [0.25, 0.3) is 0 Å². The Balaban J connectivity index is 1.61. The molecule has 0 radical (unpaired) electrons. The number of rotatable bonds is 6. The van der Waals surface area contributed by atoms with Gasteiger partial charge in [-0.2, -0.15) is 0 Å². The van der Waals surface area contributed by atoms with Crippen LogP contribution in [0.1, 0.15) is 33.9 Å². The van der Waals surface area contributed by atoms with E-state index in [0.29, 0.717) is 27.8 Å². The highest BCUT2D eigenvalue weighted by Gasteiger charge is 2.42. The van der Waals surface area contributed by atoms with Crippen molar-refractivity contribution in [3.63, 3.8) is 0 Å². The highest BCUT2D eigenvalue weighted by Crippen LogP contribution is 2.43. The van der Waals surface area contributed by atoms with Gasteiger partial charge in [-0.1, -0.05) is 30.3 Å². The summed E-state index contributed by atoms with van der Waals surface area (Å²) >= 11 is 5.77. The van der Waals surface area contributed by atoms with Crippen LogP contribution in [0, 0.1) is 0 Å².